The van der Waals surface area contributed by atoms with Crippen LogP contribution in [0, 0.1) is 28.6 Å². The van der Waals surface area contributed by atoms with Gasteiger partial charge in [-0.3, -0.25) is 4.79 Å². The summed E-state index contributed by atoms with van der Waals surface area (Å²) in [6.07, 6.45) is 13.3. The van der Waals surface area contributed by atoms with Gasteiger partial charge in [-0.25, -0.2) is 4.98 Å². The van der Waals surface area contributed by atoms with Crippen molar-refractivity contribution in [2.24, 2.45) is 39.5 Å². The number of allylic oxidation sites excluding steroid dienone is 2. The molecule has 1 aromatic rings. The Morgan fingerprint density at radius 3 is 2.81 bits per heavy atom. The molecule has 2 N–H and O–H groups in total. The molecule has 4 aliphatic carbocycles. The molecule has 0 aliphatic heterocycles. The lowest BCUT2D eigenvalue weighted by Gasteiger charge is -2.57. The van der Waals surface area contributed by atoms with Crippen LogP contribution in [0.3, 0.4) is 0 Å². The maximum Gasteiger partial charge on any atom is 0.208 e. The van der Waals surface area contributed by atoms with Crippen molar-refractivity contribution in [1.82, 2.24) is 4.98 Å². The van der Waals surface area contributed by atoms with Gasteiger partial charge in [-0.05, 0) is 74.2 Å². The second-order valence-electron chi connectivity index (χ2n) is 10.5. The number of ketones is 1. The fraction of sp³-hybridized carbons (Fsp3) is 0.720. The number of hydrogen-bond donors (Lipinski definition) is 1. The van der Waals surface area contributed by atoms with Crippen molar-refractivity contribution >= 4 is 11.5 Å². The Morgan fingerprint density at radius 2 is 2.00 bits per heavy atom. The Hall–Kier alpha value is -1.95. The van der Waals surface area contributed by atoms with Crippen LogP contribution in [-0.4, -0.2) is 23.1 Å². The maximum absolute atomic E-state index is 12.6. The monoisotopic (exact) mass is 425 g/mol. The minimum atomic E-state index is -0.0394. The lowest BCUT2D eigenvalue weighted by Crippen LogP contribution is -2.50. The van der Waals surface area contributed by atoms with Gasteiger partial charge < -0.3 is 15.0 Å². The van der Waals surface area contributed by atoms with Gasteiger partial charge in [-0.1, -0.05) is 24.6 Å². The van der Waals surface area contributed by atoms with Crippen LogP contribution >= 0.6 is 0 Å². The van der Waals surface area contributed by atoms with Crippen molar-refractivity contribution in [3.63, 3.8) is 0 Å². The molecule has 6 heteroatoms. The standard InChI is InChI=1S/C25H35N3O3/c1-24-10-7-17(28-30-12-9-18-15-27-23(14-26)31-18)13-16(24)3-4-19-20-5-6-22(29)25(20,2)11-8-21(19)24/h13,15,19-21H,3-12,14,26H2,1-2H3/b28-17-/t19?,20?,21?,24-,25-/m0/s1. The summed E-state index contributed by atoms with van der Waals surface area (Å²) >= 11 is 0. The number of aromatic nitrogens is 1. The molecule has 1 aromatic heterocycles. The predicted octanol–water partition coefficient (Wildman–Crippen LogP) is 4.58. The molecule has 0 bridgehead atoms. The van der Waals surface area contributed by atoms with Crippen LogP contribution in [0.25, 0.3) is 0 Å². The summed E-state index contributed by atoms with van der Waals surface area (Å²) < 4.78 is 5.51. The summed E-state index contributed by atoms with van der Waals surface area (Å²) in [7, 11) is 0. The summed E-state index contributed by atoms with van der Waals surface area (Å²) in [5.74, 6) is 3.89. The lowest BCUT2D eigenvalue weighted by molar-refractivity contribution is -0.132. The number of nitrogens with two attached hydrogens (primary N) is 1. The van der Waals surface area contributed by atoms with E-state index in [0.29, 0.717) is 49.0 Å². The number of oxime groups is 1. The third kappa shape index (κ3) is 3.47. The van der Waals surface area contributed by atoms with Crippen molar-refractivity contribution in [1.29, 1.82) is 0 Å². The molecule has 6 nitrogen and oxygen atoms in total. The zero-order chi connectivity index (χ0) is 21.6. The lowest BCUT2D eigenvalue weighted by atomic mass is 9.47. The van der Waals surface area contributed by atoms with Crippen LogP contribution in [0.5, 0.6) is 0 Å². The normalized spacial score (nSPS) is 38.4. The van der Waals surface area contributed by atoms with E-state index in [9.17, 15) is 4.79 Å². The molecule has 1 heterocycles. The van der Waals surface area contributed by atoms with Crippen molar-refractivity contribution in [2.75, 3.05) is 6.61 Å². The molecule has 3 saturated carbocycles. The molecule has 5 atom stereocenters. The molecule has 3 unspecified atom stereocenters. The van der Waals surface area contributed by atoms with Gasteiger partial charge in [0.25, 0.3) is 0 Å². The molecule has 4 aliphatic rings. The first-order valence-corrected chi connectivity index (χ1v) is 12.0. The van der Waals surface area contributed by atoms with Gasteiger partial charge >= 0.3 is 0 Å². The highest BCUT2D eigenvalue weighted by Gasteiger charge is 2.58. The number of nitrogens with zero attached hydrogens (tertiary/aromatic N) is 2. The van der Waals surface area contributed by atoms with Crippen LogP contribution in [0.2, 0.25) is 0 Å². The van der Waals surface area contributed by atoms with Crippen molar-refractivity contribution in [2.45, 2.75) is 78.2 Å². The van der Waals surface area contributed by atoms with Crippen LogP contribution in [-0.2, 0) is 22.6 Å². The second kappa shape index (κ2) is 7.88. The van der Waals surface area contributed by atoms with E-state index in [2.05, 4.69) is 30.1 Å². The van der Waals surface area contributed by atoms with Crippen molar-refractivity contribution < 1.29 is 14.0 Å². The Morgan fingerprint density at radius 1 is 1.16 bits per heavy atom. The van der Waals surface area contributed by atoms with E-state index in [1.165, 1.54) is 12.8 Å². The van der Waals surface area contributed by atoms with E-state index < -0.39 is 0 Å². The minimum absolute atomic E-state index is 0.0394. The van der Waals surface area contributed by atoms with Gasteiger partial charge in [-0.15, -0.1) is 0 Å². The molecular weight excluding hydrogens is 390 g/mol. The van der Waals surface area contributed by atoms with Crippen LogP contribution in [0.1, 0.15) is 76.9 Å². The number of hydrogen-bond acceptors (Lipinski definition) is 6. The first kappa shape index (κ1) is 20.9. The number of carbonyl (C=O) groups is 1. The van der Waals surface area contributed by atoms with Gasteiger partial charge in [-0.2, -0.15) is 0 Å². The number of carbonyl (C=O) groups excluding carboxylic acids is 1. The van der Waals surface area contributed by atoms with Gasteiger partial charge in [0.15, 0.2) is 0 Å². The molecule has 0 aromatic carbocycles. The molecule has 5 rings (SSSR count). The van der Waals surface area contributed by atoms with Gasteiger partial charge in [0, 0.05) is 18.3 Å². The van der Waals surface area contributed by atoms with Crippen molar-refractivity contribution in [3.8, 4) is 0 Å². The Balaban J connectivity index is 1.24. The average molecular weight is 426 g/mol. The topological polar surface area (TPSA) is 90.7 Å². The molecule has 0 saturated heterocycles. The highest BCUT2D eigenvalue weighted by molar-refractivity contribution is 5.96. The van der Waals surface area contributed by atoms with E-state index in [1.807, 2.05) is 0 Å². The molecular formula is C25H35N3O3. The van der Waals surface area contributed by atoms with Crippen LogP contribution in [0.4, 0.5) is 0 Å². The largest absolute Gasteiger partial charge is 0.444 e. The number of Topliss-reactive ketones (excluding diaryl/α,β-unsaturated/α-hetero) is 1. The molecule has 3 fully saturated rings. The SMILES string of the molecule is C[C@]12CC/C(=N/OCCc3cnc(CN)o3)C=C1CCC1C2CC[C@]2(C)C(=O)CCC12. The second-order valence-corrected chi connectivity index (χ2v) is 10.5. The van der Waals surface area contributed by atoms with Crippen molar-refractivity contribution in [3.05, 3.63) is 29.5 Å². The molecule has 0 radical (unpaired) electrons. The van der Waals surface area contributed by atoms with Gasteiger partial charge in [0.1, 0.15) is 18.2 Å². The first-order chi connectivity index (χ1) is 14.9. The Labute approximate surface area is 184 Å². The summed E-state index contributed by atoms with van der Waals surface area (Å²) in [5.41, 5.74) is 8.36. The smallest absolute Gasteiger partial charge is 0.208 e. The zero-order valence-electron chi connectivity index (χ0n) is 18.9. The first-order valence-electron chi connectivity index (χ1n) is 12.0. The number of fused-ring (bicyclic) bond motifs is 5. The summed E-state index contributed by atoms with van der Waals surface area (Å²) in [6.45, 7) is 5.52. The maximum atomic E-state index is 12.6. The van der Waals surface area contributed by atoms with Crippen LogP contribution in [0.15, 0.2) is 27.4 Å². The quantitative estimate of drug-likeness (QED) is 0.551. The minimum Gasteiger partial charge on any atom is -0.444 e. The Bertz CT molecular complexity index is 919. The summed E-state index contributed by atoms with van der Waals surface area (Å²) in [5, 5.41) is 4.43. The third-order valence-corrected chi connectivity index (χ3v) is 9.08. The number of oxazole rings is 1. The molecule has 31 heavy (non-hydrogen) atoms. The van der Waals surface area contributed by atoms with Gasteiger partial charge in [0.2, 0.25) is 5.89 Å². The number of rotatable bonds is 5. The van der Waals surface area contributed by atoms with E-state index in [-0.39, 0.29) is 10.8 Å². The summed E-state index contributed by atoms with van der Waals surface area (Å²) in [4.78, 5) is 22.3. The molecule has 0 amide bonds. The van der Waals surface area contributed by atoms with Crippen LogP contribution < -0.4 is 5.73 Å². The predicted molar refractivity (Wildman–Crippen MR) is 118 cm³/mol. The highest BCUT2D eigenvalue weighted by atomic mass is 16.6. The zero-order valence-corrected chi connectivity index (χ0v) is 18.9. The van der Waals surface area contributed by atoms with E-state index in [1.54, 1.807) is 11.8 Å². The van der Waals surface area contributed by atoms with Gasteiger partial charge in [0.05, 0.1) is 18.5 Å². The molecule has 0 spiro atoms. The van der Waals surface area contributed by atoms with E-state index >= 15 is 0 Å². The molecule has 168 valence electrons. The van der Waals surface area contributed by atoms with E-state index in [0.717, 1.165) is 50.0 Å². The fourth-order valence-corrected chi connectivity index (χ4v) is 7.25. The third-order valence-electron chi connectivity index (χ3n) is 9.08. The fourth-order valence-electron chi connectivity index (χ4n) is 7.25. The van der Waals surface area contributed by atoms with E-state index in [4.69, 9.17) is 15.0 Å². The average Bonchev–Trinajstić information content (AvgIpc) is 3.35. The summed E-state index contributed by atoms with van der Waals surface area (Å²) in [6, 6.07) is 0. The Kier molecular flexibility index (Phi) is 5.32. The highest BCUT2D eigenvalue weighted by Crippen LogP contribution is 2.64.